The highest BCUT2D eigenvalue weighted by Crippen LogP contribution is 2.34. The topological polar surface area (TPSA) is 69.7 Å². The molecule has 1 aromatic heterocycles. The van der Waals surface area contributed by atoms with Crippen molar-refractivity contribution in [2.75, 3.05) is 12.1 Å². The molecular formula is C23H18N2O4S. The first-order valence-corrected chi connectivity index (χ1v) is 10.4. The van der Waals surface area contributed by atoms with E-state index in [4.69, 9.17) is 14.2 Å². The van der Waals surface area contributed by atoms with Gasteiger partial charge in [0.1, 0.15) is 17.4 Å². The number of rotatable bonds is 6. The number of anilines is 1. The maximum absolute atomic E-state index is 12.3. The van der Waals surface area contributed by atoms with Crippen LogP contribution in [0.2, 0.25) is 0 Å². The van der Waals surface area contributed by atoms with E-state index in [1.165, 1.54) is 16.7 Å². The number of carbonyl (C=O) groups excluding carboxylic acids is 1. The standard InChI is InChI=1S/C23H18N2O4S/c26-22(24-17-6-8-20-21(10-17)29-14-28-20)11-18-13-30-23(25-18)12-27-19-7-5-15-3-1-2-4-16(15)9-19/h1-10,13H,11-12,14H2,(H,24,26). The Hall–Kier alpha value is -3.58. The van der Waals surface area contributed by atoms with E-state index in [1.54, 1.807) is 18.2 Å². The van der Waals surface area contributed by atoms with Crippen LogP contribution in [0.3, 0.4) is 0 Å². The van der Waals surface area contributed by atoms with Crippen LogP contribution in [0.1, 0.15) is 10.7 Å². The molecule has 0 atom stereocenters. The van der Waals surface area contributed by atoms with Gasteiger partial charge in [-0.05, 0) is 35.0 Å². The number of fused-ring (bicyclic) bond motifs is 2. The number of amides is 1. The molecule has 30 heavy (non-hydrogen) atoms. The van der Waals surface area contributed by atoms with Crippen LogP contribution in [0, 0.1) is 0 Å². The highest BCUT2D eigenvalue weighted by atomic mass is 32.1. The number of aromatic nitrogens is 1. The average molecular weight is 418 g/mol. The molecule has 0 saturated heterocycles. The predicted octanol–water partition coefficient (Wildman–Crippen LogP) is 4.79. The second-order valence-corrected chi connectivity index (χ2v) is 7.77. The van der Waals surface area contributed by atoms with Crippen molar-refractivity contribution >= 4 is 33.7 Å². The van der Waals surface area contributed by atoms with Crippen LogP contribution in [0.25, 0.3) is 10.8 Å². The van der Waals surface area contributed by atoms with Crippen molar-refractivity contribution in [3.05, 3.63) is 76.7 Å². The molecule has 0 bridgehead atoms. The van der Waals surface area contributed by atoms with E-state index in [1.807, 2.05) is 35.7 Å². The van der Waals surface area contributed by atoms with Crippen molar-refractivity contribution < 1.29 is 19.0 Å². The zero-order chi connectivity index (χ0) is 20.3. The second-order valence-electron chi connectivity index (χ2n) is 6.82. The Balaban J connectivity index is 1.17. The Morgan fingerprint density at radius 1 is 1.03 bits per heavy atom. The zero-order valence-electron chi connectivity index (χ0n) is 16.0. The molecule has 2 heterocycles. The fourth-order valence-electron chi connectivity index (χ4n) is 3.24. The highest BCUT2D eigenvalue weighted by Gasteiger charge is 2.15. The van der Waals surface area contributed by atoms with Crippen LogP contribution in [0.4, 0.5) is 5.69 Å². The third-order valence-corrected chi connectivity index (χ3v) is 5.55. The minimum Gasteiger partial charge on any atom is -0.486 e. The number of hydrogen-bond donors (Lipinski definition) is 1. The van der Waals surface area contributed by atoms with Gasteiger partial charge in [-0.25, -0.2) is 4.98 Å². The molecule has 6 nitrogen and oxygen atoms in total. The van der Waals surface area contributed by atoms with Crippen LogP contribution >= 0.6 is 11.3 Å². The number of hydrogen-bond acceptors (Lipinski definition) is 6. The first-order valence-electron chi connectivity index (χ1n) is 9.47. The minimum atomic E-state index is -0.138. The van der Waals surface area contributed by atoms with E-state index in [9.17, 15) is 4.79 Å². The largest absolute Gasteiger partial charge is 0.486 e. The van der Waals surface area contributed by atoms with Gasteiger partial charge >= 0.3 is 0 Å². The van der Waals surface area contributed by atoms with Crippen molar-refractivity contribution in [3.8, 4) is 17.2 Å². The summed E-state index contributed by atoms with van der Waals surface area (Å²) in [6, 6.07) is 19.5. The normalized spacial score (nSPS) is 12.1. The van der Waals surface area contributed by atoms with E-state index >= 15 is 0 Å². The molecule has 5 rings (SSSR count). The summed E-state index contributed by atoms with van der Waals surface area (Å²) in [7, 11) is 0. The maximum atomic E-state index is 12.3. The summed E-state index contributed by atoms with van der Waals surface area (Å²) < 4.78 is 16.5. The van der Waals surface area contributed by atoms with Gasteiger partial charge in [0.05, 0.1) is 12.1 Å². The summed E-state index contributed by atoms with van der Waals surface area (Å²) in [6.45, 7) is 0.572. The van der Waals surface area contributed by atoms with Crippen molar-refractivity contribution in [1.82, 2.24) is 4.98 Å². The summed E-state index contributed by atoms with van der Waals surface area (Å²) in [5.74, 6) is 1.98. The maximum Gasteiger partial charge on any atom is 0.231 e. The average Bonchev–Trinajstić information content (AvgIpc) is 3.41. The molecule has 150 valence electrons. The Bertz CT molecular complexity index is 1220. The van der Waals surface area contributed by atoms with Crippen molar-refractivity contribution in [2.24, 2.45) is 0 Å². The fraction of sp³-hybridized carbons (Fsp3) is 0.130. The number of ether oxygens (including phenoxy) is 3. The molecule has 1 aliphatic heterocycles. The molecule has 0 fully saturated rings. The van der Waals surface area contributed by atoms with Gasteiger partial charge in [-0.3, -0.25) is 4.79 Å². The molecule has 1 amide bonds. The predicted molar refractivity (Wildman–Crippen MR) is 115 cm³/mol. The fourth-order valence-corrected chi connectivity index (χ4v) is 3.95. The third-order valence-electron chi connectivity index (χ3n) is 4.68. The van der Waals surface area contributed by atoms with Gasteiger partial charge in [0.2, 0.25) is 12.7 Å². The number of nitrogens with zero attached hydrogens (tertiary/aromatic N) is 1. The number of nitrogens with one attached hydrogen (secondary N) is 1. The summed E-state index contributed by atoms with van der Waals surface area (Å²) in [6.07, 6.45) is 0.195. The van der Waals surface area contributed by atoms with E-state index in [0.717, 1.165) is 21.8 Å². The second kappa shape index (κ2) is 8.04. The van der Waals surface area contributed by atoms with Crippen LogP contribution in [0.5, 0.6) is 17.2 Å². The molecule has 0 aliphatic carbocycles. The van der Waals surface area contributed by atoms with E-state index in [-0.39, 0.29) is 19.1 Å². The quantitative estimate of drug-likeness (QED) is 0.488. The van der Waals surface area contributed by atoms with E-state index in [2.05, 4.69) is 22.4 Å². The van der Waals surface area contributed by atoms with E-state index < -0.39 is 0 Å². The third kappa shape index (κ3) is 4.06. The molecule has 3 aromatic carbocycles. The zero-order valence-corrected chi connectivity index (χ0v) is 16.8. The Labute approximate surface area is 177 Å². The number of carbonyl (C=O) groups is 1. The summed E-state index contributed by atoms with van der Waals surface area (Å²) in [5.41, 5.74) is 1.38. The molecule has 0 spiro atoms. The molecule has 0 saturated carbocycles. The van der Waals surface area contributed by atoms with Gasteiger partial charge < -0.3 is 19.5 Å². The lowest BCUT2D eigenvalue weighted by molar-refractivity contribution is -0.115. The molecular weight excluding hydrogens is 400 g/mol. The minimum absolute atomic E-state index is 0.138. The summed E-state index contributed by atoms with van der Waals surface area (Å²) in [4.78, 5) is 16.9. The molecule has 1 N–H and O–H groups in total. The van der Waals surface area contributed by atoms with Crippen LogP contribution in [-0.4, -0.2) is 17.7 Å². The van der Waals surface area contributed by atoms with Crippen molar-refractivity contribution in [2.45, 2.75) is 13.0 Å². The lowest BCUT2D eigenvalue weighted by atomic mass is 10.1. The smallest absolute Gasteiger partial charge is 0.231 e. The Kier molecular flexibility index (Phi) is 4.94. The molecule has 0 radical (unpaired) electrons. The summed E-state index contributed by atoms with van der Waals surface area (Å²) >= 11 is 1.48. The lowest BCUT2D eigenvalue weighted by Crippen LogP contribution is -2.14. The lowest BCUT2D eigenvalue weighted by Gasteiger charge is -2.06. The molecule has 7 heteroatoms. The van der Waals surface area contributed by atoms with Gasteiger partial charge in [0.15, 0.2) is 11.5 Å². The van der Waals surface area contributed by atoms with Crippen LogP contribution < -0.4 is 19.5 Å². The number of thiazole rings is 1. The molecule has 4 aromatic rings. The van der Waals surface area contributed by atoms with Gasteiger partial charge in [-0.15, -0.1) is 11.3 Å². The number of benzene rings is 3. The van der Waals surface area contributed by atoms with Crippen molar-refractivity contribution in [1.29, 1.82) is 0 Å². The van der Waals surface area contributed by atoms with Crippen LogP contribution in [-0.2, 0) is 17.8 Å². The van der Waals surface area contributed by atoms with E-state index in [0.29, 0.717) is 23.8 Å². The van der Waals surface area contributed by atoms with Crippen LogP contribution in [0.15, 0.2) is 66.0 Å². The van der Waals surface area contributed by atoms with Gasteiger partial charge in [0.25, 0.3) is 0 Å². The highest BCUT2D eigenvalue weighted by molar-refractivity contribution is 7.09. The van der Waals surface area contributed by atoms with Gasteiger partial charge in [-0.1, -0.05) is 30.3 Å². The van der Waals surface area contributed by atoms with Gasteiger partial charge in [0, 0.05) is 17.1 Å². The first-order chi connectivity index (χ1) is 14.7. The molecule has 1 aliphatic rings. The summed E-state index contributed by atoms with van der Waals surface area (Å²) in [5, 5.41) is 7.89. The van der Waals surface area contributed by atoms with Crippen molar-refractivity contribution in [3.63, 3.8) is 0 Å². The first kappa shape index (κ1) is 18.4. The van der Waals surface area contributed by atoms with Gasteiger partial charge in [-0.2, -0.15) is 0 Å². The SMILES string of the molecule is O=C(Cc1csc(COc2ccc3ccccc3c2)n1)Nc1ccc2c(c1)OCO2. The Morgan fingerprint density at radius 2 is 1.90 bits per heavy atom. The monoisotopic (exact) mass is 418 g/mol. The Morgan fingerprint density at radius 3 is 2.83 bits per heavy atom. The molecule has 0 unspecified atom stereocenters.